The molecule has 3 aromatic rings. The van der Waals surface area contributed by atoms with Gasteiger partial charge in [-0.15, -0.1) is 0 Å². The van der Waals surface area contributed by atoms with Crippen LogP contribution in [0.25, 0.3) is 0 Å². The number of hydrogen-bond donors (Lipinski definition) is 4. The van der Waals surface area contributed by atoms with Gasteiger partial charge < -0.3 is 25.8 Å². The van der Waals surface area contributed by atoms with Crippen molar-refractivity contribution in [3.05, 3.63) is 101 Å². The van der Waals surface area contributed by atoms with E-state index in [1.54, 1.807) is 30.3 Å². The number of fused-ring (bicyclic) bond motifs is 4. The molecule has 2 atom stereocenters. The number of benzene rings is 2. The van der Waals surface area contributed by atoms with Crippen LogP contribution in [-0.4, -0.2) is 47.8 Å². The Labute approximate surface area is 247 Å². The lowest BCUT2D eigenvalue weighted by atomic mass is 9.85. The summed E-state index contributed by atoms with van der Waals surface area (Å²) in [6.45, 7) is 9.40. The van der Waals surface area contributed by atoms with E-state index >= 15 is 0 Å². The minimum Gasteiger partial charge on any atom is -0.486 e. The molecule has 7 nitrogen and oxygen atoms in total. The Balaban J connectivity index is 1.39. The van der Waals surface area contributed by atoms with E-state index in [4.69, 9.17) is 4.74 Å². The zero-order valence-corrected chi connectivity index (χ0v) is 24.8. The number of hydrogen-bond acceptors (Lipinski definition) is 6. The van der Waals surface area contributed by atoms with E-state index in [0.717, 1.165) is 18.4 Å². The maximum absolute atomic E-state index is 14.5. The van der Waals surface area contributed by atoms with Gasteiger partial charge in [0.2, 0.25) is 0 Å². The molecule has 8 heteroatoms. The molecule has 1 aliphatic heterocycles. The lowest BCUT2D eigenvalue weighted by Gasteiger charge is -2.28. The van der Waals surface area contributed by atoms with Gasteiger partial charge >= 0.3 is 0 Å². The van der Waals surface area contributed by atoms with Crippen LogP contribution >= 0.6 is 0 Å². The minimum atomic E-state index is -0.908. The van der Waals surface area contributed by atoms with Crippen molar-refractivity contribution in [3.8, 4) is 5.75 Å². The number of halogens is 1. The molecule has 2 aromatic carbocycles. The molecule has 1 aliphatic carbocycles. The Bertz CT molecular complexity index is 1460. The van der Waals surface area contributed by atoms with E-state index in [-0.39, 0.29) is 35.8 Å². The summed E-state index contributed by atoms with van der Waals surface area (Å²) in [5.41, 5.74) is 4.22. The highest BCUT2D eigenvalue weighted by Gasteiger charge is 2.44. The molecule has 0 radical (unpaired) electrons. The third-order valence-electron chi connectivity index (χ3n) is 8.03. The van der Waals surface area contributed by atoms with E-state index in [1.165, 1.54) is 17.2 Å². The van der Waals surface area contributed by atoms with Crippen molar-refractivity contribution in [1.29, 1.82) is 0 Å². The van der Waals surface area contributed by atoms with Crippen molar-refractivity contribution in [2.24, 2.45) is 0 Å². The SMILES string of the molecule is Cc1cc2cc(n1)NC/C=C\COc1cc(ccc1F)C[C@@H]([C@H](O)CNC1(c3cccc(C(C)(C)C)c3)CC1)NC2=O. The van der Waals surface area contributed by atoms with Gasteiger partial charge in [0.1, 0.15) is 12.4 Å². The second-order valence-electron chi connectivity index (χ2n) is 12.5. The lowest BCUT2D eigenvalue weighted by Crippen LogP contribution is -2.50. The van der Waals surface area contributed by atoms with E-state index in [1.807, 2.05) is 13.0 Å². The first kappa shape index (κ1) is 29.7. The minimum absolute atomic E-state index is 0.0360. The smallest absolute Gasteiger partial charge is 0.251 e. The number of aliphatic hydroxyl groups is 1. The van der Waals surface area contributed by atoms with Gasteiger partial charge in [0, 0.05) is 29.9 Å². The van der Waals surface area contributed by atoms with Crippen LogP contribution in [0.2, 0.25) is 0 Å². The Morgan fingerprint density at radius 1 is 1.14 bits per heavy atom. The van der Waals surface area contributed by atoms with Gasteiger partial charge in [0.05, 0.1) is 12.1 Å². The topological polar surface area (TPSA) is 95.5 Å². The summed E-state index contributed by atoms with van der Waals surface area (Å²) < 4.78 is 20.2. The fraction of sp³-hybridized carbons (Fsp3) is 0.412. The monoisotopic (exact) mass is 572 g/mol. The molecule has 1 amide bonds. The standard InChI is InChI=1S/C34H41FN4O3/c1-22-16-24-19-31(38-22)36-14-5-6-15-42-30-18-23(10-11-27(30)35)17-28(39-32(24)41)29(40)21-37-34(12-13-34)26-9-7-8-25(20-26)33(2,3)4/h5-11,16,18-20,28-29,37,40H,12-15,17,21H2,1-4H3,(H,36,38)(H,39,41)/b6-5-/t28-,29+/m0/s1. The Hall–Kier alpha value is -3.75. The van der Waals surface area contributed by atoms with E-state index < -0.39 is 18.0 Å². The molecule has 2 aliphatic rings. The highest BCUT2D eigenvalue weighted by Crippen LogP contribution is 2.46. The summed E-state index contributed by atoms with van der Waals surface area (Å²) in [5, 5.41) is 21.4. The second kappa shape index (κ2) is 12.2. The van der Waals surface area contributed by atoms with Crippen molar-refractivity contribution >= 4 is 11.7 Å². The number of nitrogens with one attached hydrogen (secondary N) is 3. The van der Waals surface area contributed by atoms with Gasteiger partial charge in [-0.05, 0) is 78.6 Å². The maximum Gasteiger partial charge on any atom is 0.251 e. The molecule has 0 spiro atoms. The normalized spacial score (nSPS) is 20.0. The third-order valence-corrected chi connectivity index (χ3v) is 8.03. The molecular formula is C34H41FN4O3. The maximum atomic E-state index is 14.5. The van der Waals surface area contributed by atoms with E-state index in [2.05, 4.69) is 66.0 Å². The van der Waals surface area contributed by atoms with Crippen LogP contribution in [0.3, 0.4) is 0 Å². The molecule has 1 saturated carbocycles. The number of aryl methyl sites for hydroxylation is 1. The van der Waals surface area contributed by atoms with Crippen LogP contribution in [0.1, 0.15) is 66.4 Å². The first-order valence-electron chi connectivity index (χ1n) is 14.7. The highest BCUT2D eigenvalue weighted by atomic mass is 19.1. The molecular weight excluding hydrogens is 531 g/mol. The van der Waals surface area contributed by atoms with Gasteiger partial charge in [-0.3, -0.25) is 4.79 Å². The summed E-state index contributed by atoms with van der Waals surface area (Å²) in [5.74, 6) is -0.0704. The zero-order chi connectivity index (χ0) is 29.9. The summed E-state index contributed by atoms with van der Waals surface area (Å²) in [4.78, 5) is 18.0. The summed E-state index contributed by atoms with van der Waals surface area (Å²) in [6, 6.07) is 16.1. The molecule has 4 N–H and O–H groups in total. The number of amides is 1. The van der Waals surface area contributed by atoms with Crippen molar-refractivity contribution < 1.29 is 19.0 Å². The number of carbonyl (C=O) groups excluding carboxylic acids is 1. The van der Waals surface area contributed by atoms with Gasteiger partial charge in [-0.1, -0.05) is 57.2 Å². The molecule has 5 rings (SSSR count). The van der Waals surface area contributed by atoms with Gasteiger partial charge in [0.15, 0.2) is 11.6 Å². The van der Waals surface area contributed by atoms with Gasteiger partial charge in [-0.25, -0.2) is 9.37 Å². The van der Waals surface area contributed by atoms with Crippen LogP contribution in [0.5, 0.6) is 5.75 Å². The fourth-order valence-corrected chi connectivity index (χ4v) is 5.34. The van der Waals surface area contributed by atoms with Crippen LogP contribution in [0, 0.1) is 12.7 Å². The summed E-state index contributed by atoms with van der Waals surface area (Å²) in [6.07, 6.45) is 5.00. The number of aliphatic hydroxyl groups excluding tert-OH is 1. The van der Waals surface area contributed by atoms with E-state index in [9.17, 15) is 14.3 Å². The molecule has 0 saturated heterocycles. The van der Waals surface area contributed by atoms with Crippen LogP contribution in [-0.2, 0) is 17.4 Å². The first-order chi connectivity index (χ1) is 20.0. The predicted molar refractivity (Wildman–Crippen MR) is 164 cm³/mol. The van der Waals surface area contributed by atoms with Gasteiger partial charge in [0.25, 0.3) is 5.91 Å². The average Bonchev–Trinajstić information content (AvgIpc) is 3.75. The number of carbonyl (C=O) groups is 1. The fourth-order valence-electron chi connectivity index (χ4n) is 5.34. The molecule has 2 heterocycles. The average molecular weight is 573 g/mol. The second-order valence-corrected chi connectivity index (χ2v) is 12.5. The van der Waals surface area contributed by atoms with Crippen LogP contribution in [0.15, 0.2) is 66.7 Å². The van der Waals surface area contributed by atoms with Crippen LogP contribution in [0.4, 0.5) is 10.2 Å². The quantitative estimate of drug-likeness (QED) is 0.315. The predicted octanol–water partition coefficient (Wildman–Crippen LogP) is 5.17. The molecule has 222 valence electrons. The van der Waals surface area contributed by atoms with Crippen molar-refractivity contribution in [1.82, 2.24) is 15.6 Å². The summed E-state index contributed by atoms with van der Waals surface area (Å²) in [7, 11) is 0. The van der Waals surface area contributed by atoms with Crippen molar-refractivity contribution in [3.63, 3.8) is 0 Å². The molecule has 4 bridgehead atoms. The number of ether oxygens (including phenoxy) is 1. The molecule has 1 fully saturated rings. The third kappa shape index (κ3) is 7.17. The summed E-state index contributed by atoms with van der Waals surface area (Å²) >= 11 is 0. The van der Waals surface area contributed by atoms with Crippen molar-refractivity contribution in [2.45, 2.75) is 70.1 Å². The number of rotatable bonds is 5. The Morgan fingerprint density at radius 2 is 1.95 bits per heavy atom. The highest BCUT2D eigenvalue weighted by molar-refractivity contribution is 5.95. The lowest BCUT2D eigenvalue weighted by molar-refractivity contribution is 0.0822. The number of pyridine rings is 1. The van der Waals surface area contributed by atoms with Crippen LogP contribution < -0.4 is 20.7 Å². The Kier molecular flexibility index (Phi) is 8.66. The number of nitrogens with zero attached hydrogens (tertiary/aromatic N) is 1. The molecule has 0 unspecified atom stereocenters. The van der Waals surface area contributed by atoms with Crippen molar-refractivity contribution in [2.75, 3.05) is 25.0 Å². The zero-order valence-electron chi connectivity index (χ0n) is 24.8. The molecule has 1 aromatic heterocycles. The van der Waals surface area contributed by atoms with Gasteiger partial charge in [-0.2, -0.15) is 0 Å². The Morgan fingerprint density at radius 3 is 2.71 bits per heavy atom. The number of aromatic nitrogens is 1. The number of anilines is 1. The molecule has 42 heavy (non-hydrogen) atoms. The largest absolute Gasteiger partial charge is 0.486 e. The van der Waals surface area contributed by atoms with E-state index in [0.29, 0.717) is 30.0 Å². The first-order valence-corrected chi connectivity index (χ1v) is 14.7.